The first-order valence-corrected chi connectivity index (χ1v) is 10.1. The van der Waals surface area contributed by atoms with Gasteiger partial charge in [0.25, 0.3) is 0 Å². The number of ether oxygens (including phenoxy) is 1. The molecule has 28 heavy (non-hydrogen) atoms. The summed E-state index contributed by atoms with van der Waals surface area (Å²) in [4.78, 5) is 23.7. The predicted octanol–water partition coefficient (Wildman–Crippen LogP) is 6.17. The highest BCUT2D eigenvalue weighted by Gasteiger charge is 2.12. The van der Waals surface area contributed by atoms with Gasteiger partial charge in [0.2, 0.25) is 0 Å². The molecule has 0 spiro atoms. The number of hydrogen-bond donors (Lipinski definition) is 0. The molecular formula is C25H30O3. The Bertz CT molecular complexity index is 790. The Balaban J connectivity index is 1.97. The van der Waals surface area contributed by atoms with Crippen LogP contribution in [0, 0.1) is 6.92 Å². The molecule has 0 aliphatic carbocycles. The number of benzene rings is 2. The van der Waals surface area contributed by atoms with Crippen LogP contribution in [-0.4, -0.2) is 18.9 Å². The van der Waals surface area contributed by atoms with Gasteiger partial charge in [0.1, 0.15) is 6.29 Å². The molecule has 0 saturated carbocycles. The molecule has 0 fully saturated rings. The smallest absolute Gasteiger partial charge is 0.338 e. The molecule has 0 saturated heterocycles. The number of carbonyl (C=O) groups is 2. The normalized spacial score (nSPS) is 11.6. The zero-order valence-electron chi connectivity index (χ0n) is 16.9. The summed E-state index contributed by atoms with van der Waals surface area (Å²) in [6.07, 6.45) is 6.36. The average molecular weight is 379 g/mol. The topological polar surface area (TPSA) is 43.4 Å². The van der Waals surface area contributed by atoms with Crippen LogP contribution >= 0.6 is 0 Å². The molecule has 0 aromatic heterocycles. The van der Waals surface area contributed by atoms with Gasteiger partial charge >= 0.3 is 5.97 Å². The molecule has 0 aliphatic heterocycles. The van der Waals surface area contributed by atoms with Crippen molar-refractivity contribution in [3.63, 3.8) is 0 Å². The van der Waals surface area contributed by atoms with E-state index in [0.29, 0.717) is 12.2 Å². The van der Waals surface area contributed by atoms with Crippen LogP contribution in [0.15, 0.2) is 60.2 Å². The lowest BCUT2D eigenvalue weighted by Crippen LogP contribution is -2.06. The summed E-state index contributed by atoms with van der Waals surface area (Å²) in [5.41, 5.74) is 4.95. The van der Waals surface area contributed by atoms with Crippen LogP contribution in [-0.2, 0) is 9.53 Å². The number of esters is 1. The summed E-state index contributed by atoms with van der Waals surface area (Å²) in [7, 11) is 0. The van der Waals surface area contributed by atoms with Gasteiger partial charge in [-0.3, -0.25) is 4.79 Å². The van der Waals surface area contributed by atoms with E-state index >= 15 is 0 Å². The van der Waals surface area contributed by atoms with E-state index in [1.807, 2.05) is 30.3 Å². The van der Waals surface area contributed by atoms with Crippen molar-refractivity contribution in [2.75, 3.05) is 6.61 Å². The summed E-state index contributed by atoms with van der Waals surface area (Å²) >= 11 is 0. The van der Waals surface area contributed by atoms with Gasteiger partial charge in [-0.05, 0) is 73.4 Å². The second-order valence-electron chi connectivity index (χ2n) is 7.00. The molecule has 0 atom stereocenters. The highest BCUT2D eigenvalue weighted by molar-refractivity contribution is 5.89. The first kappa shape index (κ1) is 21.6. The average Bonchev–Trinajstić information content (AvgIpc) is 2.73. The lowest BCUT2D eigenvalue weighted by atomic mass is 9.90. The Labute approximate surface area is 168 Å². The van der Waals surface area contributed by atoms with Gasteiger partial charge in [0, 0.05) is 0 Å². The van der Waals surface area contributed by atoms with E-state index in [2.05, 4.69) is 26.0 Å². The summed E-state index contributed by atoms with van der Waals surface area (Å²) < 4.78 is 5.37. The van der Waals surface area contributed by atoms with Crippen molar-refractivity contribution in [3.05, 3.63) is 76.9 Å². The molecule has 0 radical (unpaired) electrons. The van der Waals surface area contributed by atoms with Crippen molar-refractivity contribution in [2.45, 2.75) is 52.4 Å². The molecule has 0 aliphatic rings. The fourth-order valence-electron chi connectivity index (χ4n) is 3.25. The number of aryl methyl sites for hydroxylation is 1. The maximum atomic E-state index is 12.0. The summed E-state index contributed by atoms with van der Waals surface area (Å²) in [6.45, 7) is 4.61. The Morgan fingerprint density at radius 2 is 1.64 bits per heavy atom. The predicted molar refractivity (Wildman–Crippen MR) is 114 cm³/mol. The van der Waals surface area contributed by atoms with Gasteiger partial charge < -0.3 is 4.74 Å². The number of aldehydes is 1. The Morgan fingerprint density at radius 1 is 0.929 bits per heavy atom. The molecule has 0 bridgehead atoms. The molecule has 2 aromatic carbocycles. The van der Waals surface area contributed by atoms with Crippen molar-refractivity contribution >= 4 is 17.8 Å². The maximum absolute atomic E-state index is 12.0. The largest absolute Gasteiger partial charge is 0.462 e. The van der Waals surface area contributed by atoms with Gasteiger partial charge in [-0.15, -0.1) is 0 Å². The van der Waals surface area contributed by atoms with E-state index in [-0.39, 0.29) is 5.97 Å². The lowest BCUT2D eigenvalue weighted by molar-refractivity contribution is -0.105. The quantitative estimate of drug-likeness (QED) is 0.203. The van der Waals surface area contributed by atoms with Gasteiger partial charge in [0.15, 0.2) is 0 Å². The van der Waals surface area contributed by atoms with E-state index in [1.54, 1.807) is 12.1 Å². The van der Waals surface area contributed by atoms with E-state index in [1.165, 1.54) is 5.56 Å². The highest BCUT2D eigenvalue weighted by atomic mass is 16.5. The summed E-state index contributed by atoms with van der Waals surface area (Å²) in [6, 6.07) is 17.3. The molecule has 0 heterocycles. The Kier molecular flexibility index (Phi) is 9.20. The lowest BCUT2D eigenvalue weighted by Gasteiger charge is -2.15. The second kappa shape index (κ2) is 11.9. The molecule has 2 aromatic rings. The van der Waals surface area contributed by atoms with Crippen LogP contribution in [0.4, 0.5) is 0 Å². The van der Waals surface area contributed by atoms with Crippen LogP contribution in [0.3, 0.4) is 0 Å². The van der Waals surface area contributed by atoms with Gasteiger partial charge in [0.05, 0.1) is 12.2 Å². The van der Waals surface area contributed by atoms with Crippen LogP contribution in [0.5, 0.6) is 0 Å². The zero-order chi connectivity index (χ0) is 20.2. The monoisotopic (exact) mass is 378 g/mol. The van der Waals surface area contributed by atoms with E-state index in [4.69, 9.17) is 4.74 Å². The summed E-state index contributed by atoms with van der Waals surface area (Å²) in [5, 5.41) is 0. The van der Waals surface area contributed by atoms with Crippen LogP contribution in [0.25, 0.3) is 5.57 Å². The molecule has 3 heteroatoms. The summed E-state index contributed by atoms with van der Waals surface area (Å²) in [5.74, 6) is -0.285. The SMILES string of the molecule is CCCC/C(C=O)=C(\CCCCOC(=O)c1ccccc1)c1ccccc1C. The number of allylic oxidation sites excluding steroid dienone is 2. The van der Waals surface area contributed by atoms with Crippen molar-refractivity contribution in [2.24, 2.45) is 0 Å². The minimum absolute atomic E-state index is 0.285. The van der Waals surface area contributed by atoms with Gasteiger partial charge in [-0.2, -0.15) is 0 Å². The van der Waals surface area contributed by atoms with E-state index in [9.17, 15) is 9.59 Å². The molecule has 148 valence electrons. The highest BCUT2D eigenvalue weighted by Crippen LogP contribution is 2.29. The minimum atomic E-state index is -0.285. The fourth-order valence-corrected chi connectivity index (χ4v) is 3.25. The van der Waals surface area contributed by atoms with E-state index in [0.717, 1.165) is 61.5 Å². The third-order valence-electron chi connectivity index (χ3n) is 4.86. The van der Waals surface area contributed by atoms with Crippen molar-refractivity contribution in [1.82, 2.24) is 0 Å². The number of rotatable bonds is 11. The molecule has 0 amide bonds. The van der Waals surface area contributed by atoms with Crippen molar-refractivity contribution < 1.29 is 14.3 Å². The fraction of sp³-hybridized carbons (Fsp3) is 0.360. The molecule has 0 N–H and O–H groups in total. The first-order chi connectivity index (χ1) is 13.7. The second-order valence-corrected chi connectivity index (χ2v) is 7.00. The number of hydrogen-bond acceptors (Lipinski definition) is 3. The third-order valence-corrected chi connectivity index (χ3v) is 4.86. The van der Waals surface area contributed by atoms with Crippen LogP contribution in [0.1, 0.15) is 66.9 Å². The van der Waals surface area contributed by atoms with Crippen molar-refractivity contribution in [3.8, 4) is 0 Å². The Hall–Kier alpha value is -2.68. The van der Waals surface area contributed by atoms with Crippen molar-refractivity contribution in [1.29, 1.82) is 0 Å². The maximum Gasteiger partial charge on any atom is 0.338 e. The van der Waals surface area contributed by atoms with E-state index < -0.39 is 0 Å². The van der Waals surface area contributed by atoms with Crippen LogP contribution in [0.2, 0.25) is 0 Å². The molecular weight excluding hydrogens is 348 g/mol. The van der Waals surface area contributed by atoms with Gasteiger partial charge in [-0.1, -0.05) is 55.8 Å². The van der Waals surface area contributed by atoms with Crippen LogP contribution < -0.4 is 0 Å². The molecule has 2 rings (SSSR count). The minimum Gasteiger partial charge on any atom is -0.462 e. The first-order valence-electron chi connectivity index (χ1n) is 10.1. The molecule has 3 nitrogen and oxygen atoms in total. The number of unbranched alkanes of at least 4 members (excludes halogenated alkanes) is 2. The number of carbonyl (C=O) groups excluding carboxylic acids is 2. The third kappa shape index (κ3) is 6.49. The van der Waals surface area contributed by atoms with Gasteiger partial charge in [-0.25, -0.2) is 4.79 Å². The zero-order valence-corrected chi connectivity index (χ0v) is 16.9. The standard InChI is InChI=1S/C25H30O3/c1-3-4-13-22(19-26)24(23-16-9-8-12-20(23)2)17-10-11-18-28-25(27)21-14-6-5-7-15-21/h5-9,12,14-16,19H,3-4,10-11,13,17-18H2,1-2H3/b24-22-. The Morgan fingerprint density at radius 3 is 2.32 bits per heavy atom. The molecule has 0 unspecified atom stereocenters.